The van der Waals surface area contributed by atoms with Gasteiger partial charge >= 0.3 is 24.1 Å². The van der Waals surface area contributed by atoms with Crippen LogP contribution in [0.15, 0.2) is 18.2 Å². The number of rotatable bonds is 17. The molecule has 0 heterocycles. The number of methoxy groups -OCH3 is 1. The average Bonchev–Trinajstić information content (AvgIpc) is 2.87. The van der Waals surface area contributed by atoms with Gasteiger partial charge in [-0.1, -0.05) is 46.1 Å². The van der Waals surface area contributed by atoms with Crippen molar-refractivity contribution in [2.75, 3.05) is 13.7 Å². The van der Waals surface area contributed by atoms with E-state index in [4.69, 9.17) is 29.4 Å². The summed E-state index contributed by atoms with van der Waals surface area (Å²) >= 11 is 0. The van der Waals surface area contributed by atoms with Crippen molar-refractivity contribution in [2.24, 2.45) is 5.73 Å². The Bertz CT molecular complexity index is 918. The molecule has 10 heteroatoms. The number of ether oxygens (including phenoxy) is 5. The minimum atomic E-state index is -1.55. The summed E-state index contributed by atoms with van der Waals surface area (Å²) in [5.74, 6) is -1.44. The van der Waals surface area contributed by atoms with Gasteiger partial charge in [-0.15, -0.1) is 0 Å². The highest BCUT2D eigenvalue weighted by molar-refractivity contribution is 5.81. The van der Waals surface area contributed by atoms with Crippen molar-refractivity contribution in [1.82, 2.24) is 0 Å². The molecule has 0 aliphatic carbocycles. The predicted octanol–water partition coefficient (Wildman–Crippen LogP) is 5.02. The van der Waals surface area contributed by atoms with Crippen LogP contribution in [-0.4, -0.2) is 49.4 Å². The molecular formula is C28H43NO9. The van der Waals surface area contributed by atoms with Crippen molar-refractivity contribution in [1.29, 1.82) is 0 Å². The first-order chi connectivity index (χ1) is 18.1. The zero-order chi connectivity index (χ0) is 28.6. The summed E-state index contributed by atoms with van der Waals surface area (Å²) in [7, 11) is 1.21. The van der Waals surface area contributed by atoms with Gasteiger partial charge in [-0.2, -0.15) is 0 Å². The number of carbonyl (C=O) groups excluding carboxylic acids is 4. The monoisotopic (exact) mass is 537 g/mol. The molecule has 10 nitrogen and oxygen atoms in total. The van der Waals surface area contributed by atoms with Gasteiger partial charge in [0.25, 0.3) is 0 Å². The van der Waals surface area contributed by atoms with Gasteiger partial charge in [-0.3, -0.25) is 14.4 Å². The van der Waals surface area contributed by atoms with E-state index < -0.39 is 29.6 Å². The summed E-state index contributed by atoms with van der Waals surface area (Å²) < 4.78 is 26.1. The number of esters is 3. The first-order valence-corrected chi connectivity index (χ1v) is 13.3. The number of hydrogen-bond donors (Lipinski definition) is 1. The van der Waals surface area contributed by atoms with Crippen LogP contribution in [0.5, 0.6) is 11.5 Å². The van der Waals surface area contributed by atoms with Gasteiger partial charge < -0.3 is 29.4 Å². The Morgan fingerprint density at radius 3 is 2.08 bits per heavy atom. The van der Waals surface area contributed by atoms with Crippen LogP contribution in [0, 0.1) is 0 Å². The fourth-order valence-electron chi connectivity index (χ4n) is 3.63. The smallest absolute Gasteiger partial charge is 0.468 e. The maximum absolute atomic E-state index is 12.6. The standard InChI is InChI=1S/C28H43NO9/c1-6-9-12-24(30)37-22-15-14-21(18-23(22)38-25(31)13-10-7-2)19-28(29,26(32)34-5)16-17-35-27(33)36-20(4)11-8-3/h14-15,18,20H,6-13,16-17,19,29H2,1-5H3/t20-,28+/m0/s1. The van der Waals surface area contributed by atoms with E-state index in [9.17, 15) is 19.2 Å². The van der Waals surface area contributed by atoms with Crippen LogP contribution in [0.25, 0.3) is 0 Å². The number of hydrogen-bond acceptors (Lipinski definition) is 10. The molecule has 1 rings (SSSR count). The van der Waals surface area contributed by atoms with Crippen LogP contribution in [0.4, 0.5) is 4.79 Å². The molecular weight excluding hydrogens is 494 g/mol. The molecule has 214 valence electrons. The second-order valence-corrected chi connectivity index (χ2v) is 9.33. The normalized spacial score (nSPS) is 13.1. The SMILES string of the molecule is CCCCC(=O)Oc1ccc(C[C@](N)(CCOC(=O)O[C@@H](C)CCC)C(=O)OC)cc1OC(=O)CCCC. The molecule has 0 fully saturated rings. The van der Waals surface area contributed by atoms with E-state index in [2.05, 4.69) is 0 Å². The van der Waals surface area contributed by atoms with Gasteiger partial charge in [0, 0.05) is 25.7 Å². The topological polar surface area (TPSA) is 140 Å². The highest BCUT2D eigenvalue weighted by Gasteiger charge is 2.36. The molecule has 0 bridgehead atoms. The molecule has 0 aliphatic rings. The van der Waals surface area contributed by atoms with Crippen LogP contribution in [-0.2, 0) is 35.0 Å². The Labute approximate surface area is 225 Å². The number of carbonyl (C=O) groups is 4. The van der Waals surface area contributed by atoms with Crippen molar-refractivity contribution < 1.29 is 42.9 Å². The van der Waals surface area contributed by atoms with E-state index in [1.807, 2.05) is 20.8 Å². The second kappa shape index (κ2) is 17.4. The fourth-order valence-corrected chi connectivity index (χ4v) is 3.63. The molecule has 2 atom stereocenters. The molecule has 0 saturated heterocycles. The molecule has 2 N–H and O–H groups in total. The van der Waals surface area contributed by atoms with E-state index >= 15 is 0 Å². The Morgan fingerprint density at radius 2 is 1.53 bits per heavy atom. The summed E-state index contributed by atoms with van der Waals surface area (Å²) in [6, 6.07) is 4.64. The van der Waals surface area contributed by atoms with Gasteiger partial charge in [0.15, 0.2) is 11.5 Å². The summed E-state index contributed by atoms with van der Waals surface area (Å²) in [5, 5.41) is 0. The van der Waals surface area contributed by atoms with Gasteiger partial charge in [0.1, 0.15) is 11.6 Å². The molecule has 1 aromatic carbocycles. The van der Waals surface area contributed by atoms with Crippen LogP contribution in [0.2, 0.25) is 0 Å². The third-order valence-electron chi connectivity index (χ3n) is 5.80. The molecule has 38 heavy (non-hydrogen) atoms. The van der Waals surface area contributed by atoms with Crippen LogP contribution in [0.1, 0.15) is 91.0 Å². The lowest BCUT2D eigenvalue weighted by molar-refractivity contribution is -0.148. The first kappa shape index (κ1) is 32.9. The van der Waals surface area contributed by atoms with E-state index in [0.29, 0.717) is 24.8 Å². The highest BCUT2D eigenvalue weighted by Crippen LogP contribution is 2.31. The van der Waals surface area contributed by atoms with E-state index in [1.54, 1.807) is 13.0 Å². The minimum absolute atomic E-state index is 0.0200. The summed E-state index contributed by atoms with van der Waals surface area (Å²) in [6.07, 6.45) is 3.77. The lowest BCUT2D eigenvalue weighted by Gasteiger charge is -2.27. The van der Waals surface area contributed by atoms with E-state index in [-0.39, 0.29) is 49.9 Å². The Morgan fingerprint density at radius 1 is 0.921 bits per heavy atom. The van der Waals surface area contributed by atoms with Gasteiger partial charge in [-0.25, -0.2) is 4.79 Å². The van der Waals surface area contributed by atoms with Crippen LogP contribution >= 0.6 is 0 Å². The average molecular weight is 538 g/mol. The van der Waals surface area contributed by atoms with Crippen LogP contribution in [0.3, 0.4) is 0 Å². The van der Waals surface area contributed by atoms with Gasteiger partial charge in [-0.05, 0) is 43.9 Å². The molecule has 0 aromatic heterocycles. The second-order valence-electron chi connectivity index (χ2n) is 9.33. The summed E-state index contributed by atoms with van der Waals surface area (Å²) in [5.41, 5.74) is 5.39. The lowest BCUT2D eigenvalue weighted by Crippen LogP contribution is -2.51. The zero-order valence-corrected chi connectivity index (χ0v) is 23.3. The molecule has 0 saturated carbocycles. The van der Waals surface area contributed by atoms with E-state index in [1.165, 1.54) is 19.2 Å². The number of benzene rings is 1. The molecule has 0 unspecified atom stereocenters. The maximum Gasteiger partial charge on any atom is 0.508 e. The third kappa shape index (κ3) is 11.9. The highest BCUT2D eigenvalue weighted by atomic mass is 16.7. The Hall–Kier alpha value is -3.14. The summed E-state index contributed by atoms with van der Waals surface area (Å²) in [6.45, 7) is 7.49. The van der Waals surface area contributed by atoms with Gasteiger partial charge in [0.05, 0.1) is 13.7 Å². The Kier molecular flexibility index (Phi) is 15.0. The third-order valence-corrected chi connectivity index (χ3v) is 5.80. The van der Waals surface area contributed by atoms with Crippen molar-refractivity contribution in [3.8, 4) is 11.5 Å². The molecule has 0 amide bonds. The predicted molar refractivity (Wildman–Crippen MR) is 141 cm³/mol. The number of unbranched alkanes of at least 4 members (excludes halogenated alkanes) is 2. The van der Waals surface area contributed by atoms with Crippen molar-refractivity contribution in [2.45, 2.75) is 104 Å². The Balaban J connectivity index is 3.06. The molecule has 0 radical (unpaired) electrons. The molecule has 0 aliphatic heterocycles. The van der Waals surface area contributed by atoms with Crippen molar-refractivity contribution in [3.05, 3.63) is 23.8 Å². The number of nitrogens with two attached hydrogens (primary N) is 1. The lowest BCUT2D eigenvalue weighted by atomic mass is 9.88. The molecule has 1 aromatic rings. The quantitative estimate of drug-likeness (QED) is 0.213. The minimum Gasteiger partial charge on any atom is -0.468 e. The fraction of sp³-hybridized carbons (Fsp3) is 0.643. The van der Waals surface area contributed by atoms with Crippen molar-refractivity contribution >= 4 is 24.1 Å². The zero-order valence-electron chi connectivity index (χ0n) is 23.3. The van der Waals surface area contributed by atoms with Crippen LogP contribution < -0.4 is 15.2 Å². The largest absolute Gasteiger partial charge is 0.508 e. The first-order valence-electron chi connectivity index (χ1n) is 13.3. The molecule has 0 spiro atoms. The summed E-state index contributed by atoms with van der Waals surface area (Å²) in [4.78, 5) is 49.1. The maximum atomic E-state index is 12.6. The van der Waals surface area contributed by atoms with Crippen molar-refractivity contribution in [3.63, 3.8) is 0 Å². The van der Waals surface area contributed by atoms with Gasteiger partial charge in [0.2, 0.25) is 0 Å². The van der Waals surface area contributed by atoms with E-state index in [0.717, 1.165) is 19.3 Å².